The summed E-state index contributed by atoms with van der Waals surface area (Å²) in [7, 11) is 0. The topological polar surface area (TPSA) is 84.7 Å². The fourth-order valence-electron chi connectivity index (χ4n) is 2.34. The summed E-state index contributed by atoms with van der Waals surface area (Å²) in [5.41, 5.74) is 5.08. The average Bonchev–Trinajstić information content (AvgIpc) is 2.96. The van der Waals surface area contributed by atoms with E-state index in [0.29, 0.717) is 12.2 Å². The van der Waals surface area contributed by atoms with Crippen LogP contribution >= 0.6 is 11.8 Å². The summed E-state index contributed by atoms with van der Waals surface area (Å²) in [5.74, 6) is 2.21. The second-order valence-corrected chi connectivity index (χ2v) is 5.88. The number of hydrogen-bond donors (Lipinski definition) is 2. The van der Waals surface area contributed by atoms with Crippen LogP contribution in [-0.4, -0.2) is 26.8 Å². The van der Waals surface area contributed by atoms with Crippen molar-refractivity contribution in [1.82, 2.24) is 15.2 Å². The molecule has 1 aliphatic rings. The van der Waals surface area contributed by atoms with Crippen LogP contribution in [0.2, 0.25) is 0 Å². The van der Waals surface area contributed by atoms with E-state index >= 15 is 0 Å². The molecule has 0 aliphatic heterocycles. The molecule has 1 saturated carbocycles. The van der Waals surface area contributed by atoms with Gasteiger partial charge in [0.25, 0.3) is 0 Å². The lowest BCUT2D eigenvalue weighted by atomic mass is 10.0. The third-order valence-corrected chi connectivity index (χ3v) is 4.20. The number of rotatable bonds is 7. The quantitative estimate of drug-likeness (QED) is 0.740. The highest BCUT2D eigenvalue weighted by atomic mass is 32.2. The monoisotopic (exact) mass is 268 g/mol. The first-order valence-electron chi connectivity index (χ1n) is 6.56. The van der Waals surface area contributed by atoms with Crippen LogP contribution in [0.4, 0.5) is 0 Å². The van der Waals surface area contributed by atoms with Crippen molar-refractivity contribution in [2.45, 2.75) is 50.1 Å². The van der Waals surface area contributed by atoms with Crippen LogP contribution in [0.3, 0.4) is 0 Å². The minimum absolute atomic E-state index is 0.278. The summed E-state index contributed by atoms with van der Waals surface area (Å²) in [4.78, 5) is 15.0. The molecule has 1 aliphatic carbocycles. The lowest BCUT2D eigenvalue weighted by Crippen LogP contribution is -2.10. The number of aromatic amines is 1. The van der Waals surface area contributed by atoms with Gasteiger partial charge in [0.05, 0.1) is 0 Å². The molecular formula is C12H20N4OS. The largest absolute Gasteiger partial charge is 0.370 e. The Morgan fingerprint density at radius 3 is 2.94 bits per heavy atom. The summed E-state index contributed by atoms with van der Waals surface area (Å²) >= 11 is 1.47. The number of aromatic nitrogens is 3. The van der Waals surface area contributed by atoms with Crippen LogP contribution in [0, 0.1) is 5.92 Å². The van der Waals surface area contributed by atoms with E-state index in [2.05, 4.69) is 15.2 Å². The predicted molar refractivity (Wildman–Crippen MR) is 71.2 cm³/mol. The average molecular weight is 268 g/mol. The number of carbonyl (C=O) groups is 1. The fraction of sp³-hybridized carbons (Fsp3) is 0.750. The first-order chi connectivity index (χ1) is 8.74. The Balaban J connectivity index is 1.70. The maximum absolute atomic E-state index is 10.6. The molecule has 0 atom stereocenters. The molecule has 2 rings (SSSR count). The molecule has 1 fully saturated rings. The number of aryl methyl sites for hydroxylation is 1. The Morgan fingerprint density at radius 2 is 2.22 bits per heavy atom. The van der Waals surface area contributed by atoms with Gasteiger partial charge in [-0.2, -0.15) is 0 Å². The fourth-order valence-corrected chi connectivity index (χ4v) is 3.11. The number of nitrogens with one attached hydrogen (secondary N) is 1. The molecule has 0 saturated heterocycles. The molecule has 0 unspecified atom stereocenters. The third-order valence-electron chi connectivity index (χ3n) is 3.35. The maximum atomic E-state index is 10.6. The SMILES string of the molecule is NC(=O)CCSc1n[nH]c(CCC2CCCC2)n1. The second kappa shape index (κ2) is 6.78. The number of carbonyl (C=O) groups excluding carboxylic acids is 1. The van der Waals surface area contributed by atoms with E-state index in [0.717, 1.165) is 23.3 Å². The van der Waals surface area contributed by atoms with Crippen LogP contribution in [0.5, 0.6) is 0 Å². The molecule has 3 N–H and O–H groups in total. The van der Waals surface area contributed by atoms with Gasteiger partial charge in [0.15, 0.2) is 0 Å². The van der Waals surface area contributed by atoms with Crippen LogP contribution in [0.1, 0.15) is 44.3 Å². The molecule has 1 aromatic heterocycles. The van der Waals surface area contributed by atoms with E-state index in [4.69, 9.17) is 5.73 Å². The van der Waals surface area contributed by atoms with Gasteiger partial charge in [-0.25, -0.2) is 4.98 Å². The molecule has 1 aromatic rings. The van der Waals surface area contributed by atoms with Gasteiger partial charge in [-0.15, -0.1) is 5.10 Å². The van der Waals surface area contributed by atoms with Gasteiger partial charge in [-0.3, -0.25) is 9.89 Å². The normalized spacial score (nSPS) is 16.2. The number of thioether (sulfide) groups is 1. The minimum Gasteiger partial charge on any atom is -0.370 e. The van der Waals surface area contributed by atoms with E-state index in [1.54, 1.807) is 0 Å². The van der Waals surface area contributed by atoms with Gasteiger partial charge in [-0.1, -0.05) is 37.4 Å². The molecule has 100 valence electrons. The number of nitrogens with two attached hydrogens (primary N) is 1. The van der Waals surface area contributed by atoms with Crippen molar-refractivity contribution in [3.63, 3.8) is 0 Å². The summed E-state index contributed by atoms with van der Waals surface area (Å²) in [6.07, 6.45) is 8.07. The molecule has 0 aromatic carbocycles. The molecule has 0 bridgehead atoms. The second-order valence-electron chi connectivity index (χ2n) is 4.82. The molecular weight excluding hydrogens is 248 g/mol. The van der Waals surface area contributed by atoms with Crippen molar-refractivity contribution in [3.05, 3.63) is 5.82 Å². The highest BCUT2D eigenvalue weighted by molar-refractivity contribution is 7.99. The standard InChI is InChI=1S/C12H20N4OS/c13-10(17)7-8-18-12-14-11(15-16-12)6-5-9-3-1-2-4-9/h9H,1-8H2,(H2,13,17)(H,14,15,16). The molecule has 0 radical (unpaired) electrons. The van der Waals surface area contributed by atoms with Gasteiger partial charge in [0.1, 0.15) is 5.82 Å². The Labute approximate surface area is 111 Å². The summed E-state index contributed by atoms with van der Waals surface area (Å²) in [6.45, 7) is 0. The van der Waals surface area contributed by atoms with Crippen LogP contribution in [0.25, 0.3) is 0 Å². The zero-order valence-electron chi connectivity index (χ0n) is 10.5. The predicted octanol–water partition coefficient (Wildman–Crippen LogP) is 1.89. The molecule has 5 nitrogen and oxygen atoms in total. The van der Waals surface area contributed by atoms with Crippen molar-refractivity contribution < 1.29 is 4.79 Å². The van der Waals surface area contributed by atoms with Crippen molar-refractivity contribution in [3.8, 4) is 0 Å². The van der Waals surface area contributed by atoms with Gasteiger partial charge >= 0.3 is 0 Å². The van der Waals surface area contributed by atoms with Crippen molar-refractivity contribution in [1.29, 1.82) is 0 Å². The Kier molecular flexibility index (Phi) is 5.04. The number of amides is 1. The number of primary amides is 1. The third kappa shape index (κ3) is 4.33. The number of hydrogen-bond acceptors (Lipinski definition) is 4. The molecule has 6 heteroatoms. The Bertz CT molecular complexity index is 387. The van der Waals surface area contributed by atoms with Gasteiger partial charge < -0.3 is 5.73 Å². The van der Waals surface area contributed by atoms with Crippen LogP contribution in [-0.2, 0) is 11.2 Å². The Hall–Kier alpha value is -1.04. The molecule has 18 heavy (non-hydrogen) atoms. The minimum atomic E-state index is -0.278. The van der Waals surface area contributed by atoms with E-state index in [1.807, 2.05) is 0 Å². The van der Waals surface area contributed by atoms with Crippen LogP contribution in [0.15, 0.2) is 5.16 Å². The summed E-state index contributed by atoms with van der Waals surface area (Å²) in [5, 5.41) is 7.82. The Morgan fingerprint density at radius 1 is 1.44 bits per heavy atom. The van der Waals surface area contributed by atoms with Gasteiger partial charge in [0, 0.05) is 18.6 Å². The maximum Gasteiger partial charge on any atom is 0.218 e. The van der Waals surface area contributed by atoms with Gasteiger partial charge in [0.2, 0.25) is 11.1 Å². The first-order valence-corrected chi connectivity index (χ1v) is 7.55. The number of nitrogens with zero attached hydrogens (tertiary/aromatic N) is 2. The zero-order valence-corrected chi connectivity index (χ0v) is 11.3. The smallest absolute Gasteiger partial charge is 0.218 e. The van der Waals surface area contributed by atoms with E-state index < -0.39 is 0 Å². The zero-order chi connectivity index (χ0) is 12.8. The van der Waals surface area contributed by atoms with E-state index in [9.17, 15) is 4.79 Å². The lowest BCUT2D eigenvalue weighted by molar-refractivity contribution is -0.117. The van der Waals surface area contributed by atoms with Crippen molar-refractivity contribution in [2.75, 3.05) is 5.75 Å². The van der Waals surface area contributed by atoms with Crippen LogP contribution < -0.4 is 5.73 Å². The highest BCUT2D eigenvalue weighted by Crippen LogP contribution is 2.28. The summed E-state index contributed by atoms with van der Waals surface area (Å²) in [6, 6.07) is 0. The van der Waals surface area contributed by atoms with Crippen molar-refractivity contribution in [2.24, 2.45) is 11.7 Å². The molecule has 1 heterocycles. The van der Waals surface area contributed by atoms with Gasteiger partial charge in [-0.05, 0) is 12.3 Å². The van der Waals surface area contributed by atoms with Crippen molar-refractivity contribution >= 4 is 17.7 Å². The highest BCUT2D eigenvalue weighted by Gasteiger charge is 2.15. The number of H-pyrrole nitrogens is 1. The van der Waals surface area contributed by atoms with E-state index in [-0.39, 0.29) is 5.91 Å². The first kappa shape index (κ1) is 13.4. The lowest BCUT2D eigenvalue weighted by Gasteiger charge is -2.05. The molecule has 1 amide bonds. The summed E-state index contributed by atoms with van der Waals surface area (Å²) < 4.78 is 0. The van der Waals surface area contributed by atoms with E-state index in [1.165, 1.54) is 43.9 Å². The molecule has 0 spiro atoms.